The van der Waals surface area contributed by atoms with Gasteiger partial charge in [-0.25, -0.2) is 0 Å². The summed E-state index contributed by atoms with van der Waals surface area (Å²) < 4.78 is 0. The summed E-state index contributed by atoms with van der Waals surface area (Å²) in [4.78, 5) is 31.8. The van der Waals surface area contributed by atoms with Crippen molar-refractivity contribution in [1.29, 1.82) is 0 Å². The Morgan fingerprint density at radius 1 is 1.07 bits per heavy atom. The van der Waals surface area contributed by atoms with Crippen LogP contribution in [0.5, 0.6) is 0 Å². The Balaban J connectivity index is 3.62. The molecule has 1 aromatic carbocycles. The van der Waals surface area contributed by atoms with Crippen molar-refractivity contribution in [2.45, 2.75) is 6.92 Å². The summed E-state index contributed by atoms with van der Waals surface area (Å²) in [5.41, 5.74) is 1.14. The van der Waals surface area contributed by atoms with Crippen LogP contribution in [0.4, 0.5) is 0 Å². The molecule has 0 saturated heterocycles. The lowest BCUT2D eigenvalue weighted by molar-refractivity contribution is 0.112. The highest BCUT2D eigenvalue weighted by molar-refractivity contribution is 6.35. The molecule has 4 heteroatoms. The number of hydrogen-bond donors (Lipinski definition) is 0. The average Bonchev–Trinajstić information content (AvgIpc) is 2.19. The molecule has 0 bridgehead atoms. The number of rotatable bonds is 3. The van der Waals surface area contributed by atoms with Crippen molar-refractivity contribution in [2.24, 2.45) is 0 Å². The van der Waals surface area contributed by atoms with Crippen molar-refractivity contribution in [3.05, 3.63) is 33.3 Å². The second-order valence-electron chi connectivity index (χ2n) is 2.76. The molecular formula is C10H7ClO3. The molecule has 0 aliphatic heterocycles. The van der Waals surface area contributed by atoms with Gasteiger partial charge in [-0.3, -0.25) is 14.4 Å². The van der Waals surface area contributed by atoms with Gasteiger partial charge >= 0.3 is 0 Å². The molecule has 0 fully saturated rings. The number of carbonyl (C=O) groups excluding carboxylic acids is 3. The highest BCUT2D eigenvalue weighted by Gasteiger charge is 2.12. The van der Waals surface area contributed by atoms with Gasteiger partial charge < -0.3 is 0 Å². The Labute approximate surface area is 85.7 Å². The van der Waals surface area contributed by atoms with Crippen LogP contribution >= 0.6 is 11.6 Å². The normalized spacial score (nSPS) is 9.57. The fourth-order valence-corrected chi connectivity index (χ4v) is 1.45. The molecular weight excluding hydrogens is 204 g/mol. The fourth-order valence-electron chi connectivity index (χ4n) is 1.16. The monoisotopic (exact) mass is 210 g/mol. The standard InChI is InChI=1S/C10H7ClO3/c1-6-7(3-12)2-8(4-13)10(11)9(6)5-14/h2-5H,1H3. The number of aldehydes is 3. The first-order valence-corrected chi connectivity index (χ1v) is 4.22. The van der Waals surface area contributed by atoms with E-state index >= 15 is 0 Å². The van der Waals surface area contributed by atoms with E-state index in [0.717, 1.165) is 0 Å². The molecule has 72 valence electrons. The molecule has 0 N–H and O–H groups in total. The Kier molecular flexibility index (Phi) is 3.14. The first-order valence-electron chi connectivity index (χ1n) is 3.84. The molecule has 3 nitrogen and oxygen atoms in total. The molecule has 0 amide bonds. The largest absolute Gasteiger partial charge is 0.298 e. The lowest BCUT2D eigenvalue weighted by atomic mass is 10.0. The smallest absolute Gasteiger partial charge is 0.151 e. The van der Waals surface area contributed by atoms with E-state index in [1.165, 1.54) is 6.07 Å². The van der Waals surface area contributed by atoms with Crippen LogP contribution < -0.4 is 0 Å². The van der Waals surface area contributed by atoms with Gasteiger partial charge in [0, 0.05) is 16.7 Å². The molecule has 1 rings (SSSR count). The molecule has 0 spiro atoms. The first kappa shape index (κ1) is 10.6. The lowest BCUT2D eigenvalue weighted by Gasteiger charge is -2.06. The maximum atomic E-state index is 10.7. The quantitative estimate of drug-likeness (QED) is 0.718. The van der Waals surface area contributed by atoms with E-state index in [2.05, 4.69) is 0 Å². The van der Waals surface area contributed by atoms with Crippen molar-refractivity contribution in [1.82, 2.24) is 0 Å². The molecule has 0 aliphatic rings. The lowest BCUT2D eigenvalue weighted by Crippen LogP contribution is -1.98. The summed E-state index contributed by atoms with van der Waals surface area (Å²) >= 11 is 5.76. The molecule has 0 saturated carbocycles. The molecule has 0 heterocycles. The van der Waals surface area contributed by atoms with Gasteiger partial charge in [0.25, 0.3) is 0 Å². The predicted molar refractivity (Wildman–Crippen MR) is 52.4 cm³/mol. The molecule has 14 heavy (non-hydrogen) atoms. The van der Waals surface area contributed by atoms with Gasteiger partial charge in [-0.1, -0.05) is 11.6 Å². The van der Waals surface area contributed by atoms with Crippen LogP contribution in [0.1, 0.15) is 36.6 Å². The van der Waals surface area contributed by atoms with Crippen molar-refractivity contribution < 1.29 is 14.4 Å². The minimum atomic E-state index is 0.0955. The summed E-state index contributed by atoms with van der Waals surface area (Å²) in [6, 6.07) is 1.37. The second-order valence-corrected chi connectivity index (χ2v) is 3.14. The minimum absolute atomic E-state index is 0.0955. The number of halogens is 1. The van der Waals surface area contributed by atoms with Gasteiger partial charge in [0.05, 0.1) is 5.02 Å². The van der Waals surface area contributed by atoms with Crippen LogP contribution in [0.15, 0.2) is 6.07 Å². The summed E-state index contributed by atoms with van der Waals surface area (Å²) in [6.07, 6.45) is 1.64. The van der Waals surface area contributed by atoms with Gasteiger partial charge in [-0.05, 0) is 18.6 Å². The maximum absolute atomic E-state index is 10.7. The van der Waals surface area contributed by atoms with E-state index in [0.29, 0.717) is 30.0 Å². The van der Waals surface area contributed by atoms with E-state index in [9.17, 15) is 14.4 Å². The Bertz CT molecular complexity index is 378. The van der Waals surface area contributed by atoms with Gasteiger partial charge in [-0.15, -0.1) is 0 Å². The zero-order valence-electron chi connectivity index (χ0n) is 7.41. The van der Waals surface area contributed by atoms with E-state index in [4.69, 9.17) is 11.6 Å². The summed E-state index contributed by atoms with van der Waals surface area (Å²) in [5, 5.41) is 0.0955. The van der Waals surface area contributed by atoms with Gasteiger partial charge in [0.1, 0.15) is 6.29 Å². The second kappa shape index (κ2) is 4.15. The van der Waals surface area contributed by atoms with Gasteiger partial charge in [0.15, 0.2) is 12.6 Å². The molecule has 0 aliphatic carbocycles. The van der Waals surface area contributed by atoms with E-state index < -0.39 is 0 Å². The van der Waals surface area contributed by atoms with E-state index in [1.54, 1.807) is 6.92 Å². The van der Waals surface area contributed by atoms with E-state index in [-0.39, 0.29) is 16.1 Å². The van der Waals surface area contributed by atoms with Crippen molar-refractivity contribution in [3.63, 3.8) is 0 Å². The van der Waals surface area contributed by atoms with Gasteiger partial charge in [0.2, 0.25) is 0 Å². The number of hydrogen-bond acceptors (Lipinski definition) is 3. The minimum Gasteiger partial charge on any atom is -0.298 e. The zero-order valence-corrected chi connectivity index (χ0v) is 8.17. The number of benzene rings is 1. The summed E-state index contributed by atoms with van der Waals surface area (Å²) in [5.74, 6) is 0. The molecule has 0 atom stereocenters. The molecule has 0 unspecified atom stereocenters. The van der Waals surface area contributed by atoms with Crippen LogP contribution in [0.2, 0.25) is 5.02 Å². The molecule has 0 aromatic heterocycles. The van der Waals surface area contributed by atoms with Crippen molar-refractivity contribution >= 4 is 30.5 Å². The van der Waals surface area contributed by atoms with Crippen LogP contribution in [0.25, 0.3) is 0 Å². The zero-order chi connectivity index (χ0) is 10.7. The molecule has 1 aromatic rings. The Morgan fingerprint density at radius 2 is 1.64 bits per heavy atom. The molecule has 0 radical (unpaired) electrons. The topological polar surface area (TPSA) is 51.2 Å². The predicted octanol–water partition coefficient (Wildman–Crippen LogP) is 2.09. The fraction of sp³-hybridized carbons (Fsp3) is 0.100. The van der Waals surface area contributed by atoms with Crippen molar-refractivity contribution in [2.75, 3.05) is 0 Å². The average molecular weight is 211 g/mol. The summed E-state index contributed by atoms with van der Waals surface area (Å²) in [6.45, 7) is 1.61. The third kappa shape index (κ3) is 1.59. The SMILES string of the molecule is Cc1c(C=O)cc(C=O)c(Cl)c1C=O. The van der Waals surface area contributed by atoms with E-state index in [1.807, 2.05) is 0 Å². The van der Waals surface area contributed by atoms with Crippen LogP contribution in [-0.4, -0.2) is 18.9 Å². The Morgan fingerprint density at radius 3 is 2.07 bits per heavy atom. The van der Waals surface area contributed by atoms with Gasteiger partial charge in [-0.2, -0.15) is 0 Å². The summed E-state index contributed by atoms with van der Waals surface area (Å²) in [7, 11) is 0. The Hall–Kier alpha value is -1.48. The van der Waals surface area contributed by atoms with Crippen molar-refractivity contribution in [3.8, 4) is 0 Å². The third-order valence-electron chi connectivity index (χ3n) is 2.01. The van der Waals surface area contributed by atoms with Crippen LogP contribution in [0, 0.1) is 6.92 Å². The third-order valence-corrected chi connectivity index (χ3v) is 2.43. The maximum Gasteiger partial charge on any atom is 0.151 e. The highest BCUT2D eigenvalue weighted by Crippen LogP contribution is 2.24. The first-order chi connectivity index (χ1) is 6.65. The highest BCUT2D eigenvalue weighted by atomic mass is 35.5. The van der Waals surface area contributed by atoms with Crippen LogP contribution in [0.3, 0.4) is 0 Å². The van der Waals surface area contributed by atoms with Crippen LogP contribution in [-0.2, 0) is 0 Å². The number of carbonyl (C=O) groups is 3.